The van der Waals surface area contributed by atoms with Crippen molar-refractivity contribution in [3.63, 3.8) is 0 Å². The third kappa shape index (κ3) is 7.97. The number of amides is 2. The second-order valence-corrected chi connectivity index (χ2v) is 9.50. The number of thiazole rings is 1. The van der Waals surface area contributed by atoms with E-state index in [9.17, 15) is 14.4 Å². The minimum atomic E-state index is -0.591. The van der Waals surface area contributed by atoms with E-state index in [0.717, 1.165) is 36.3 Å². The van der Waals surface area contributed by atoms with Crippen LogP contribution in [0.2, 0.25) is 0 Å². The van der Waals surface area contributed by atoms with E-state index in [0.29, 0.717) is 24.1 Å². The summed E-state index contributed by atoms with van der Waals surface area (Å²) in [6, 6.07) is -0.591. The smallest absolute Gasteiger partial charge is 0.311 e. The third-order valence-electron chi connectivity index (χ3n) is 5.04. The lowest BCUT2D eigenvalue weighted by Gasteiger charge is -2.27. The lowest BCUT2D eigenvalue weighted by Crippen LogP contribution is -2.46. The minimum Gasteiger partial charge on any atom is -0.466 e. The molecule has 1 aliphatic rings. The summed E-state index contributed by atoms with van der Waals surface area (Å²) >= 11 is 2.88. The minimum absolute atomic E-state index is 0.00757. The first-order chi connectivity index (χ1) is 13.9. The number of carbonyl (C=O) groups excluding carboxylic acids is 3. The van der Waals surface area contributed by atoms with Gasteiger partial charge in [-0.2, -0.15) is 11.8 Å². The summed E-state index contributed by atoms with van der Waals surface area (Å²) in [5, 5.41) is 6.16. The molecule has 1 atom stereocenters. The Labute approximate surface area is 180 Å². The van der Waals surface area contributed by atoms with Crippen molar-refractivity contribution in [2.45, 2.75) is 58.4 Å². The zero-order valence-electron chi connectivity index (χ0n) is 17.4. The molecule has 0 radical (unpaired) electrons. The topological polar surface area (TPSA) is 97.4 Å². The Balaban J connectivity index is 1.93. The largest absolute Gasteiger partial charge is 0.466 e. The summed E-state index contributed by atoms with van der Waals surface area (Å²) < 4.78 is 4.93. The first-order valence-electron chi connectivity index (χ1n) is 10.1. The Hall–Kier alpha value is -1.61. The number of hydrogen-bond donors (Lipinski definition) is 2. The number of nitrogens with zero attached hydrogens (tertiary/aromatic N) is 1. The van der Waals surface area contributed by atoms with Crippen LogP contribution in [0.25, 0.3) is 0 Å². The number of anilines is 1. The lowest BCUT2D eigenvalue weighted by molar-refractivity contribution is -0.142. The van der Waals surface area contributed by atoms with Gasteiger partial charge in [-0.1, -0.05) is 6.92 Å². The summed E-state index contributed by atoms with van der Waals surface area (Å²) in [6.45, 7) is 4.30. The average Bonchev–Trinajstić information content (AvgIpc) is 3.12. The molecule has 0 spiro atoms. The van der Waals surface area contributed by atoms with E-state index in [1.807, 2.05) is 6.26 Å². The van der Waals surface area contributed by atoms with Crippen LogP contribution in [-0.2, 0) is 25.5 Å². The third-order valence-corrected chi connectivity index (χ3v) is 6.59. The highest BCUT2D eigenvalue weighted by Crippen LogP contribution is 2.28. The number of ether oxygens (including phenoxy) is 1. The van der Waals surface area contributed by atoms with Gasteiger partial charge in [0.1, 0.15) is 6.04 Å². The van der Waals surface area contributed by atoms with Crippen molar-refractivity contribution in [3.05, 3.63) is 11.1 Å². The van der Waals surface area contributed by atoms with E-state index in [1.54, 1.807) is 24.9 Å². The van der Waals surface area contributed by atoms with Crippen molar-refractivity contribution in [2.75, 3.05) is 23.9 Å². The molecule has 1 aliphatic carbocycles. The fraction of sp³-hybridized carbons (Fsp3) is 0.700. The number of hydrogen-bond acceptors (Lipinski definition) is 7. The molecule has 29 heavy (non-hydrogen) atoms. The normalized spacial score (nSPS) is 20.0. The maximum atomic E-state index is 12.8. The Morgan fingerprint density at radius 1 is 1.31 bits per heavy atom. The highest BCUT2D eigenvalue weighted by Gasteiger charge is 2.28. The monoisotopic (exact) mass is 441 g/mol. The SMILES string of the molecule is CCOC(=O)Cc1cnc(NC(=O)[C@@H](CCSC)NC(=O)C2CCC(C)CC2)s1. The van der Waals surface area contributed by atoms with Crippen LogP contribution in [-0.4, -0.2) is 47.4 Å². The van der Waals surface area contributed by atoms with Gasteiger partial charge in [-0.05, 0) is 57.0 Å². The van der Waals surface area contributed by atoms with Gasteiger partial charge in [0.25, 0.3) is 0 Å². The highest BCUT2D eigenvalue weighted by molar-refractivity contribution is 7.98. The molecule has 9 heteroatoms. The molecule has 0 aromatic carbocycles. The molecule has 0 saturated heterocycles. The van der Waals surface area contributed by atoms with Crippen LogP contribution in [0.5, 0.6) is 0 Å². The van der Waals surface area contributed by atoms with Crippen LogP contribution in [0.3, 0.4) is 0 Å². The van der Waals surface area contributed by atoms with E-state index in [4.69, 9.17) is 4.74 Å². The summed E-state index contributed by atoms with van der Waals surface area (Å²) in [5.41, 5.74) is 0. The van der Waals surface area contributed by atoms with Crippen molar-refractivity contribution in [1.82, 2.24) is 10.3 Å². The van der Waals surface area contributed by atoms with Gasteiger partial charge in [0, 0.05) is 17.0 Å². The van der Waals surface area contributed by atoms with Gasteiger partial charge >= 0.3 is 5.97 Å². The fourth-order valence-corrected chi connectivity index (χ4v) is 4.58. The van der Waals surface area contributed by atoms with Crippen molar-refractivity contribution in [1.29, 1.82) is 0 Å². The predicted molar refractivity (Wildman–Crippen MR) is 117 cm³/mol. The van der Waals surface area contributed by atoms with Crippen LogP contribution in [0.4, 0.5) is 5.13 Å². The van der Waals surface area contributed by atoms with Gasteiger partial charge in [0.05, 0.1) is 13.0 Å². The van der Waals surface area contributed by atoms with E-state index in [-0.39, 0.29) is 30.1 Å². The average molecular weight is 442 g/mol. The maximum Gasteiger partial charge on any atom is 0.311 e. The molecule has 1 fully saturated rings. The molecule has 162 valence electrons. The highest BCUT2D eigenvalue weighted by atomic mass is 32.2. The molecule has 2 N–H and O–H groups in total. The molecule has 0 bridgehead atoms. The van der Waals surface area contributed by atoms with Gasteiger partial charge in [-0.25, -0.2) is 4.98 Å². The zero-order valence-corrected chi connectivity index (χ0v) is 19.0. The molecule has 0 aliphatic heterocycles. The van der Waals surface area contributed by atoms with Gasteiger partial charge in [-0.3, -0.25) is 14.4 Å². The first-order valence-corrected chi connectivity index (χ1v) is 12.3. The first kappa shape index (κ1) is 23.7. The summed E-state index contributed by atoms with van der Waals surface area (Å²) in [7, 11) is 0. The van der Waals surface area contributed by atoms with E-state index < -0.39 is 6.04 Å². The molecule has 2 rings (SSSR count). The summed E-state index contributed by atoms with van der Waals surface area (Å²) in [5.74, 6) is 0.816. The molecule has 1 aromatic heterocycles. The second kappa shape index (κ2) is 12.2. The van der Waals surface area contributed by atoms with Crippen LogP contribution < -0.4 is 10.6 Å². The standard InChI is InChI=1S/C20H31N3O4S2/c1-4-27-17(24)11-15-12-21-20(29-15)23-19(26)16(9-10-28-3)22-18(25)14-7-5-13(2)6-8-14/h12-14,16H,4-11H2,1-3H3,(H,22,25)(H,21,23,26)/t13?,14?,16-/m1/s1. The van der Waals surface area contributed by atoms with E-state index in [1.165, 1.54) is 11.3 Å². The van der Waals surface area contributed by atoms with Crippen molar-refractivity contribution < 1.29 is 19.1 Å². The maximum absolute atomic E-state index is 12.8. The van der Waals surface area contributed by atoms with Gasteiger partial charge < -0.3 is 15.4 Å². The number of rotatable bonds is 10. The fourth-order valence-electron chi connectivity index (χ4n) is 3.31. The predicted octanol–water partition coefficient (Wildman–Crippen LogP) is 3.25. The Morgan fingerprint density at radius 2 is 2.03 bits per heavy atom. The van der Waals surface area contributed by atoms with Crippen LogP contribution >= 0.6 is 23.1 Å². The summed E-state index contributed by atoms with van der Waals surface area (Å²) in [4.78, 5) is 41.9. The van der Waals surface area contributed by atoms with Gasteiger partial charge in [0.2, 0.25) is 11.8 Å². The Kier molecular flexibility index (Phi) is 9.93. The molecular weight excluding hydrogens is 410 g/mol. The molecule has 1 aromatic rings. The van der Waals surface area contributed by atoms with Crippen molar-refractivity contribution >= 4 is 46.0 Å². The second-order valence-electron chi connectivity index (χ2n) is 7.40. The van der Waals surface area contributed by atoms with E-state index in [2.05, 4.69) is 22.5 Å². The number of aromatic nitrogens is 1. The lowest BCUT2D eigenvalue weighted by atomic mass is 9.82. The van der Waals surface area contributed by atoms with Crippen molar-refractivity contribution in [2.24, 2.45) is 11.8 Å². The number of nitrogens with one attached hydrogen (secondary N) is 2. The molecule has 0 unspecified atom stereocenters. The number of carbonyl (C=O) groups is 3. The molecular formula is C20H31N3O4S2. The van der Waals surface area contributed by atoms with Gasteiger partial charge in [-0.15, -0.1) is 11.3 Å². The number of esters is 1. The van der Waals surface area contributed by atoms with Crippen LogP contribution in [0.1, 0.15) is 50.8 Å². The van der Waals surface area contributed by atoms with E-state index >= 15 is 0 Å². The van der Waals surface area contributed by atoms with Crippen molar-refractivity contribution in [3.8, 4) is 0 Å². The van der Waals surface area contributed by atoms with Crippen LogP contribution in [0.15, 0.2) is 6.20 Å². The quantitative estimate of drug-likeness (QED) is 0.541. The Morgan fingerprint density at radius 3 is 2.69 bits per heavy atom. The zero-order chi connectivity index (χ0) is 21.2. The molecule has 2 amide bonds. The molecule has 1 saturated carbocycles. The molecule has 1 heterocycles. The van der Waals surface area contributed by atoms with Crippen LogP contribution in [0, 0.1) is 11.8 Å². The number of thioether (sulfide) groups is 1. The molecule has 7 nitrogen and oxygen atoms in total. The Bertz CT molecular complexity index is 687. The summed E-state index contributed by atoms with van der Waals surface area (Å²) in [6.07, 6.45) is 8.11. The van der Waals surface area contributed by atoms with Gasteiger partial charge in [0.15, 0.2) is 5.13 Å².